The van der Waals surface area contributed by atoms with Crippen LogP contribution in [-0.2, 0) is 4.79 Å². The number of hydrogen-bond acceptors (Lipinski definition) is 3. The molecule has 0 aliphatic heterocycles. The summed E-state index contributed by atoms with van der Waals surface area (Å²) >= 11 is 1.24. The summed E-state index contributed by atoms with van der Waals surface area (Å²) < 4.78 is 0. The summed E-state index contributed by atoms with van der Waals surface area (Å²) in [6.07, 6.45) is 1.19. The number of aliphatic hydroxyl groups is 1. The largest absolute Gasteiger partial charge is 0.384 e. The number of rotatable bonds is 6. The normalized spacial score (nSPS) is 14.3. The summed E-state index contributed by atoms with van der Waals surface area (Å²) in [5.74, 6) is 0.659. The van der Waals surface area contributed by atoms with E-state index in [0.717, 1.165) is 24.2 Å². The van der Waals surface area contributed by atoms with Gasteiger partial charge in [-0.15, -0.1) is 0 Å². The van der Waals surface area contributed by atoms with Crippen molar-refractivity contribution in [3.05, 3.63) is 35.9 Å². The molecule has 94 valence electrons. The lowest BCUT2D eigenvalue weighted by molar-refractivity contribution is -0.119. The number of carbonyl (C=O) groups is 1. The fourth-order valence-corrected chi connectivity index (χ4v) is 2.55. The summed E-state index contributed by atoms with van der Waals surface area (Å²) in [5, 5.41) is 9.85. The van der Waals surface area contributed by atoms with Crippen LogP contribution in [0.2, 0.25) is 0 Å². The highest BCUT2D eigenvalue weighted by atomic mass is 32.2. The smallest absolute Gasteiger partial charge is 0.218 e. The van der Waals surface area contributed by atoms with Gasteiger partial charge in [-0.2, -0.15) is 0 Å². The van der Waals surface area contributed by atoms with E-state index in [1.165, 1.54) is 11.8 Å². The maximum absolute atomic E-state index is 11.7. The molecule has 1 aromatic rings. The van der Waals surface area contributed by atoms with Crippen LogP contribution in [0.1, 0.15) is 38.2 Å². The van der Waals surface area contributed by atoms with Crippen LogP contribution < -0.4 is 0 Å². The molecule has 0 saturated heterocycles. The molecule has 0 amide bonds. The van der Waals surface area contributed by atoms with E-state index in [2.05, 4.69) is 6.92 Å². The first-order chi connectivity index (χ1) is 8.16. The van der Waals surface area contributed by atoms with Gasteiger partial charge in [-0.25, -0.2) is 0 Å². The first-order valence-corrected chi connectivity index (χ1v) is 7.05. The number of benzene rings is 1. The van der Waals surface area contributed by atoms with Crippen LogP contribution in [0, 0.1) is 0 Å². The Morgan fingerprint density at radius 1 is 1.35 bits per heavy atom. The molecule has 0 aromatic heterocycles. The van der Waals surface area contributed by atoms with Crippen molar-refractivity contribution in [2.75, 3.05) is 5.75 Å². The molecule has 0 unspecified atom stereocenters. The highest BCUT2D eigenvalue weighted by Crippen LogP contribution is 2.23. The molecule has 1 N–H and O–H groups in total. The quantitative estimate of drug-likeness (QED) is 0.790. The molecule has 0 heterocycles. The lowest BCUT2D eigenvalue weighted by Gasteiger charge is -2.17. The van der Waals surface area contributed by atoms with E-state index in [1.807, 2.05) is 37.3 Å². The number of unbranched alkanes of at least 4 members (excludes halogenated alkanes) is 1. The molecule has 0 saturated carbocycles. The van der Waals surface area contributed by atoms with Gasteiger partial charge in [0.05, 0.1) is 0 Å². The van der Waals surface area contributed by atoms with Gasteiger partial charge >= 0.3 is 0 Å². The molecule has 1 aromatic carbocycles. The van der Waals surface area contributed by atoms with Gasteiger partial charge < -0.3 is 5.11 Å². The van der Waals surface area contributed by atoms with E-state index in [4.69, 9.17) is 0 Å². The molecule has 17 heavy (non-hydrogen) atoms. The van der Waals surface area contributed by atoms with Crippen molar-refractivity contribution < 1.29 is 9.90 Å². The second-order valence-electron chi connectivity index (χ2n) is 4.17. The summed E-state index contributed by atoms with van der Waals surface area (Å²) in [6.45, 7) is 3.98. The Balaban J connectivity index is 2.51. The Morgan fingerprint density at radius 2 is 2.00 bits per heavy atom. The minimum Gasteiger partial charge on any atom is -0.384 e. The third-order valence-electron chi connectivity index (χ3n) is 2.78. The summed E-state index contributed by atoms with van der Waals surface area (Å²) in [4.78, 5) is 11.7. The number of thioether (sulfide) groups is 1. The van der Waals surface area contributed by atoms with E-state index >= 15 is 0 Å². The van der Waals surface area contributed by atoms with Crippen LogP contribution in [0.5, 0.6) is 0 Å². The predicted molar refractivity (Wildman–Crippen MR) is 73.2 cm³/mol. The Bertz CT molecular complexity index is 337. The van der Waals surface area contributed by atoms with Crippen molar-refractivity contribution in [2.45, 2.75) is 38.7 Å². The molecule has 0 radical (unpaired) electrons. The van der Waals surface area contributed by atoms with Crippen molar-refractivity contribution in [3.8, 4) is 0 Å². The maximum Gasteiger partial charge on any atom is 0.218 e. The van der Waals surface area contributed by atoms with E-state index in [9.17, 15) is 9.90 Å². The van der Waals surface area contributed by atoms with Gasteiger partial charge in [0.15, 0.2) is 0 Å². The molecule has 2 atom stereocenters. The maximum atomic E-state index is 11.7. The van der Waals surface area contributed by atoms with Crippen LogP contribution in [0.4, 0.5) is 0 Å². The molecule has 0 aliphatic rings. The number of aliphatic hydroxyl groups excluding tert-OH is 1. The Morgan fingerprint density at radius 3 is 2.59 bits per heavy atom. The SMILES string of the molecule is CCCCSC(=O)[C@@H](O)[C@@H](C)c1ccccc1. The Hall–Kier alpha value is -0.800. The molecule has 0 aliphatic carbocycles. The number of hydrogen-bond donors (Lipinski definition) is 1. The predicted octanol–water partition coefficient (Wildman–Crippen LogP) is 3.21. The lowest BCUT2D eigenvalue weighted by atomic mass is 9.96. The second kappa shape index (κ2) is 7.51. The van der Waals surface area contributed by atoms with Crippen molar-refractivity contribution in [1.82, 2.24) is 0 Å². The van der Waals surface area contributed by atoms with E-state index in [-0.39, 0.29) is 11.0 Å². The summed E-state index contributed by atoms with van der Waals surface area (Å²) in [5.41, 5.74) is 1.00. The minimum atomic E-state index is -0.903. The van der Waals surface area contributed by atoms with Gasteiger partial charge in [0.25, 0.3) is 0 Å². The second-order valence-corrected chi connectivity index (χ2v) is 5.26. The van der Waals surface area contributed by atoms with Crippen molar-refractivity contribution in [1.29, 1.82) is 0 Å². The molecular weight excluding hydrogens is 232 g/mol. The average molecular weight is 252 g/mol. The fraction of sp³-hybridized carbons (Fsp3) is 0.500. The van der Waals surface area contributed by atoms with Crippen LogP contribution in [0.15, 0.2) is 30.3 Å². The molecule has 0 fully saturated rings. The number of carbonyl (C=O) groups excluding carboxylic acids is 1. The molecule has 0 bridgehead atoms. The highest BCUT2D eigenvalue weighted by molar-refractivity contribution is 8.13. The minimum absolute atomic E-state index is 0.116. The van der Waals surface area contributed by atoms with Gasteiger partial charge in [-0.1, -0.05) is 62.4 Å². The molecule has 3 heteroatoms. The lowest BCUT2D eigenvalue weighted by Crippen LogP contribution is -2.24. The first kappa shape index (κ1) is 14.3. The van der Waals surface area contributed by atoms with Crippen LogP contribution in [0.25, 0.3) is 0 Å². The first-order valence-electron chi connectivity index (χ1n) is 6.06. The van der Waals surface area contributed by atoms with Crippen LogP contribution >= 0.6 is 11.8 Å². The van der Waals surface area contributed by atoms with E-state index < -0.39 is 6.10 Å². The average Bonchev–Trinajstić information content (AvgIpc) is 2.38. The third kappa shape index (κ3) is 4.52. The zero-order valence-electron chi connectivity index (χ0n) is 10.4. The molecule has 2 nitrogen and oxygen atoms in total. The standard InChI is InChI=1S/C14H20O2S/c1-3-4-10-17-14(16)13(15)11(2)12-8-6-5-7-9-12/h5-9,11,13,15H,3-4,10H2,1-2H3/t11-,13-/m0/s1. The van der Waals surface area contributed by atoms with Gasteiger partial charge in [-0.3, -0.25) is 4.79 Å². The monoisotopic (exact) mass is 252 g/mol. The van der Waals surface area contributed by atoms with E-state index in [1.54, 1.807) is 0 Å². The molecular formula is C14H20O2S. The zero-order valence-corrected chi connectivity index (χ0v) is 11.2. The van der Waals surface area contributed by atoms with Gasteiger partial charge in [0.2, 0.25) is 5.12 Å². The van der Waals surface area contributed by atoms with Gasteiger partial charge in [0.1, 0.15) is 6.10 Å². The van der Waals surface area contributed by atoms with E-state index in [0.29, 0.717) is 0 Å². The summed E-state index contributed by atoms with van der Waals surface area (Å²) in [7, 11) is 0. The van der Waals surface area contributed by atoms with Crippen LogP contribution in [0.3, 0.4) is 0 Å². The Labute approximate surface area is 107 Å². The topological polar surface area (TPSA) is 37.3 Å². The van der Waals surface area contributed by atoms with Crippen molar-refractivity contribution >= 4 is 16.9 Å². The summed E-state index contributed by atoms with van der Waals surface area (Å²) in [6, 6.07) is 9.66. The third-order valence-corrected chi connectivity index (χ3v) is 3.80. The molecule has 0 spiro atoms. The zero-order chi connectivity index (χ0) is 12.7. The van der Waals surface area contributed by atoms with Crippen molar-refractivity contribution in [3.63, 3.8) is 0 Å². The highest BCUT2D eigenvalue weighted by Gasteiger charge is 2.23. The van der Waals surface area contributed by atoms with Crippen LogP contribution in [-0.4, -0.2) is 22.1 Å². The van der Waals surface area contributed by atoms with Gasteiger partial charge in [0, 0.05) is 11.7 Å². The van der Waals surface area contributed by atoms with Crippen molar-refractivity contribution in [2.24, 2.45) is 0 Å². The van der Waals surface area contributed by atoms with Gasteiger partial charge in [-0.05, 0) is 12.0 Å². The fourth-order valence-electron chi connectivity index (χ4n) is 1.55. The Kier molecular flexibility index (Phi) is 6.30. The molecule has 1 rings (SSSR count).